The lowest BCUT2D eigenvalue weighted by Crippen LogP contribution is -2.40. The Morgan fingerprint density at radius 2 is 1.90 bits per heavy atom. The number of aryl methyl sites for hydroxylation is 3. The van der Waals surface area contributed by atoms with Crippen molar-refractivity contribution in [3.8, 4) is 11.4 Å². The largest absolute Gasteiger partial charge is 0.418 e. The van der Waals surface area contributed by atoms with Crippen molar-refractivity contribution in [2.24, 2.45) is 7.05 Å². The molecule has 1 atom stereocenters. The molecule has 1 amide bonds. The van der Waals surface area contributed by atoms with E-state index in [-0.39, 0.29) is 52.3 Å². The van der Waals surface area contributed by atoms with Crippen molar-refractivity contribution in [1.29, 1.82) is 0 Å². The van der Waals surface area contributed by atoms with E-state index < -0.39 is 34.9 Å². The summed E-state index contributed by atoms with van der Waals surface area (Å²) in [6.45, 7) is 4.03. The zero-order valence-corrected chi connectivity index (χ0v) is 22.0. The van der Waals surface area contributed by atoms with Gasteiger partial charge < -0.3 is 14.4 Å². The Balaban J connectivity index is 1.45. The fourth-order valence-corrected chi connectivity index (χ4v) is 4.14. The maximum absolute atomic E-state index is 13.4. The third-order valence-electron chi connectivity index (χ3n) is 6.28. The number of carbonyl (C=O) groups excluding carboxylic acids is 1. The van der Waals surface area contributed by atoms with Crippen LogP contribution in [0.25, 0.3) is 22.6 Å². The van der Waals surface area contributed by atoms with Gasteiger partial charge in [0.2, 0.25) is 11.8 Å². The van der Waals surface area contributed by atoms with Crippen molar-refractivity contribution < 1.29 is 22.5 Å². The van der Waals surface area contributed by atoms with Gasteiger partial charge in [0.1, 0.15) is 11.9 Å². The van der Waals surface area contributed by atoms with E-state index in [0.29, 0.717) is 0 Å². The smallest absolute Gasteiger partial charge is 0.340 e. The summed E-state index contributed by atoms with van der Waals surface area (Å²) in [6, 6.07) is 1.22. The topological polar surface area (TPSA) is 169 Å². The van der Waals surface area contributed by atoms with Gasteiger partial charge in [-0.3, -0.25) is 23.7 Å². The molecule has 17 heteroatoms. The van der Waals surface area contributed by atoms with Crippen molar-refractivity contribution >= 4 is 22.9 Å². The predicted molar refractivity (Wildman–Crippen MR) is 136 cm³/mol. The van der Waals surface area contributed by atoms with E-state index in [0.717, 1.165) is 15.2 Å². The number of fused-ring (bicyclic) bond motifs is 1. The Bertz CT molecular complexity index is 1920. The molecule has 0 saturated heterocycles. The molecule has 0 bridgehead atoms. The molecule has 0 spiro atoms. The number of carbonyl (C=O) groups is 1. The summed E-state index contributed by atoms with van der Waals surface area (Å²) in [7, 11) is 1.43. The van der Waals surface area contributed by atoms with Crippen LogP contribution in [-0.4, -0.2) is 49.7 Å². The SMILES string of the molecule is Cc1nc(Cn2c(=O)c3c(ncn3C(C)C(=O)Nc3ccnc(-c4cnc(C)c(C(F)(F)F)c4)n3)n(C)c2=O)no1. The molecule has 0 radical (unpaired) electrons. The minimum absolute atomic E-state index is 0.00249. The lowest BCUT2D eigenvalue weighted by Gasteiger charge is -2.15. The summed E-state index contributed by atoms with van der Waals surface area (Å²) in [6.07, 6.45) is -0.886. The Morgan fingerprint density at radius 3 is 2.59 bits per heavy atom. The van der Waals surface area contributed by atoms with Gasteiger partial charge in [0.25, 0.3) is 5.56 Å². The van der Waals surface area contributed by atoms with E-state index >= 15 is 0 Å². The molecule has 5 aromatic heterocycles. The monoisotopic (exact) mass is 570 g/mol. The van der Waals surface area contributed by atoms with E-state index in [4.69, 9.17) is 4.52 Å². The summed E-state index contributed by atoms with van der Waals surface area (Å²) in [4.78, 5) is 59.5. The third kappa shape index (κ3) is 5.08. The van der Waals surface area contributed by atoms with Crippen LogP contribution in [0.4, 0.5) is 19.0 Å². The number of nitrogens with one attached hydrogen (secondary N) is 1. The van der Waals surface area contributed by atoms with Crippen molar-refractivity contribution in [2.45, 2.75) is 39.5 Å². The van der Waals surface area contributed by atoms with E-state index in [1.807, 2.05) is 0 Å². The fourth-order valence-electron chi connectivity index (χ4n) is 4.14. The van der Waals surface area contributed by atoms with E-state index in [9.17, 15) is 27.6 Å². The molecule has 0 fully saturated rings. The van der Waals surface area contributed by atoms with E-state index in [2.05, 4.69) is 35.4 Å². The average molecular weight is 570 g/mol. The van der Waals surface area contributed by atoms with Gasteiger partial charge in [0, 0.05) is 37.6 Å². The summed E-state index contributed by atoms with van der Waals surface area (Å²) in [5.74, 6) is -0.337. The van der Waals surface area contributed by atoms with Gasteiger partial charge in [-0.2, -0.15) is 18.2 Å². The number of hydrogen-bond acceptors (Lipinski definition) is 10. The molecule has 0 saturated carbocycles. The van der Waals surface area contributed by atoms with Crippen molar-refractivity contribution in [1.82, 2.24) is 43.8 Å². The van der Waals surface area contributed by atoms with E-state index in [1.54, 1.807) is 6.92 Å². The number of aromatic nitrogens is 9. The Labute approximate surface area is 227 Å². The lowest BCUT2D eigenvalue weighted by molar-refractivity contribution is -0.138. The van der Waals surface area contributed by atoms with Gasteiger partial charge in [-0.1, -0.05) is 5.16 Å². The number of halogens is 3. The highest BCUT2D eigenvalue weighted by molar-refractivity contribution is 5.93. The second-order valence-corrected chi connectivity index (χ2v) is 9.07. The van der Waals surface area contributed by atoms with E-state index in [1.165, 1.54) is 50.2 Å². The number of hydrogen-bond donors (Lipinski definition) is 1. The van der Waals surface area contributed by atoms with Gasteiger partial charge in [-0.15, -0.1) is 0 Å². The van der Waals surface area contributed by atoms with Gasteiger partial charge >= 0.3 is 11.9 Å². The van der Waals surface area contributed by atoms with Gasteiger partial charge in [0.15, 0.2) is 22.8 Å². The van der Waals surface area contributed by atoms with Gasteiger partial charge in [-0.05, 0) is 26.0 Å². The number of pyridine rings is 1. The number of anilines is 1. The molecule has 14 nitrogen and oxygen atoms in total. The molecule has 1 unspecified atom stereocenters. The molecule has 5 rings (SSSR count). The number of imidazole rings is 1. The van der Waals surface area contributed by atoms with Crippen LogP contribution in [0.1, 0.15) is 35.9 Å². The molecule has 5 aromatic rings. The van der Waals surface area contributed by atoms with Crippen LogP contribution in [0.15, 0.2) is 45.0 Å². The predicted octanol–water partition coefficient (Wildman–Crippen LogP) is 2.02. The molecule has 1 N–H and O–H groups in total. The zero-order chi connectivity index (χ0) is 29.6. The second kappa shape index (κ2) is 10.1. The zero-order valence-electron chi connectivity index (χ0n) is 22.0. The highest BCUT2D eigenvalue weighted by Crippen LogP contribution is 2.33. The Kier molecular flexibility index (Phi) is 6.72. The Morgan fingerprint density at radius 1 is 1.15 bits per heavy atom. The number of alkyl halides is 3. The molecule has 0 aliphatic heterocycles. The fraction of sp³-hybridized carbons (Fsp3) is 0.292. The molecule has 5 heterocycles. The number of rotatable bonds is 6. The third-order valence-corrected chi connectivity index (χ3v) is 6.28. The second-order valence-electron chi connectivity index (χ2n) is 9.07. The van der Waals surface area contributed by atoms with Crippen molar-refractivity contribution in [2.75, 3.05) is 5.32 Å². The summed E-state index contributed by atoms with van der Waals surface area (Å²) < 4.78 is 48.3. The quantitative estimate of drug-likeness (QED) is 0.319. The lowest BCUT2D eigenvalue weighted by atomic mass is 10.1. The van der Waals surface area contributed by atoms with Crippen LogP contribution in [-0.2, 0) is 24.6 Å². The first-order chi connectivity index (χ1) is 19.3. The minimum atomic E-state index is -4.62. The van der Waals surface area contributed by atoms with Gasteiger partial charge in [-0.25, -0.2) is 19.7 Å². The van der Waals surface area contributed by atoms with Crippen LogP contribution >= 0.6 is 0 Å². The summed E-state index contributed by atoms with van der Waals surface area (Å²) in [5.41, 5.74) is -2.48. The van der Waals surface area contributed by atoms with Crippen LogP contribution in [0.2, 0.25) is 0 Å². The maximum atomic E-state index is 13.4. The number of nitrogens with zero attached hydrogens (tertiary/aromatic N) is 9. The maximum Gasteiger partial charge on any atom is 0.418 e. The average Bonchev–Trinajstić information content (AvgIpc) is 3.55. The van der Waals surface area contributed by atoms with Crippen LogP contribution in [0.5, 0.6) is 0 Å². The van der Waals surface area contributed by atoms with Crippen LogP contribution < -0.4 is 16.6 Å². The molecule has 0 aromatic carbocycles. The molecule has 0 aliphatic carbocycles. The highest BCUT2D eigenvalue weighted by Gasteiger charge is 2.33. The first kappa shape index (κ1) is 27.4. The van der Waals surface area contributed by atoms with Crippen LogP contribution in [0.3, 0.4) is 0 Å². The first-order valence-electron chi connectivity index (χ1n) is 12.0. The standard InChI is InChI=1S/C24H21F3N10O4/c1-11-15(24(25,26)27)7-14(8-29-11)19-28-6-5-16(32-19)33-21(38)12(2)37-10-30-20-18(37)22(39)36(23(40)35(20)4)9-17-31-13(3)41-34-17/h5-8,10,12H,9H2,1-4H3,(H,28,32,33,38). The summed E-state index contributed by atoms with van der Waals surface area (Å²) >= 11 is 0. The molecule has 0 aliphatic rings. The van der Waals surface area contributed by atoms with Crippen molar-refractivity contribution in [3.63, 3.8) is 0 Å². The molecule has 41 heavy (non-hydrogen) atoms. The molecular formula is C24H21F3N10O4. The number of amides is 1. The first-order valence-corrected chi connectivity index (χ1v) is 12.0. The van der Waals surface area contributed by atoms with Crippen LogP contribution in [0, 0.1) is 13.8 Å². The Hall–Kier alpha value is -5.22. The molecule has 212 valence electrons. The van der Waals surface area contributed by atoms with Gasteiger partial charge in [0.05, 0.1) is 18.4 Å². The molecular weight excluding hydrogens is 549 g/mol. The summed E-state index contributed by atoms with van der Waals surface area (Å²) in [5, 5.41) is 6.29. The highest BCUT2D eigenvalue weighted by atomic mass is 19.4. The van der Waals surface area contributed by atoms with Crippen molar-refractivity contribution in [3.05, 3.63) is 74.7 Å². The minimum Gasteiger partial charge on any atom is -0.340 e. The normalized spacial score (nSPS) is 12.6.